The first kappa shape index (κ1) is 15.2. The Bertz CT molecular complexity index is 576. The smallest absolute Gasteiger partial charge is 0.137 e. The second kappa shape index (κ2) is 7.01. The van der Waals surface area contributed by atoms with Gasteiger partial charge in [0, 0.05) is 19.1 Å². The van der Waals surface area contributed by atoms with Crippen LogP contribution in [0.5, 0.6) is 0 Å². The van der Waals surface area contributed by atoms with E-state index in [4.69, 9.17) is 0 Å². The molecule has 1 aromatic heterocycles. The minimum absolute atomic E-state index is 0.140. The predicted octanol–water partition coefficient (Wildman–Crippen LogP) is 3.08. The third-order valence-corrected chi connectivity index (χ3v) is 4.67. The molecule has 1 atom stereocenters. The van der Waals surface area contributed by atoms with Gasteiger partial charge in [-0.25, -0.2) is 14.1 Å². The molecule has 0 radical (unpaired) electrons. The van der Waals surface area contributed by atoms with Gasteiger partial charge in [-0.15, -0.1) is 0 Å². The molecule has 1 aromatic carbocycles. The third kappa shape index (κ3) is 3.71. The SMILES string of the molecule is C[C@@H](CCc1cccc(F)c1)N1CCC(n2cncn2)CC1. The van der Waals surface area contributed by atoms with Gasteiger partial charge in [0.1, 0.15) is 18.5 Å². The molecule has 3 rings (SSSR count). The molecule has 0 spiro atoms. The van der Waals surface area contributed by atoms with Crippen molar-refractivity contribution in [2.24, 2.45) is 0 Å². The summed E-state index contributed by atoms with van der Waals surface area (Å²) in [6.07, 6.45) is 7.66. The highest BCUT2D eigenvalue weighted by Gasteiger charge is 2.23. The van der Waals surface area contributed by atoms with E-state index in [-0.39, 0.29) is 5.82 Å². The Balaban J connectivity index is 1.46. The topological polar surface area (TPSA) is 34.0 Å². The molecule has 0 N–H and O–H groups in total. The highest BCUT2D eigenvalue weighted by Crippen LogP contribution is 2.23. The summed E-state index contributed by atoms with van der Waals surface area (Å²) in [5, 5.41) is 4.25. The van der Waals surface area contributed by atoms with E-state index in [9.17, 15) is 4.39 Å². The molecule has 1 aliphatic heterocycles. The van der Waals surface area contributed by atoms with Crippen LogP contribution in [0.2, 0.25) is 0 Å². The van der Waals surface area contributed by atoms with Crippen molar-refractivity contribution < 1.29 is 4.39 Å². The van der Waals surface area contributed by atoms with Crippen LogP contribution in [0.25, 0.3) is 0 Å². The minimum Gasteiger partial charge on any atom is -0.300 e. The average Bonchev–Trinajstić information content (AvgIpc) is 3.07. The van der Waals surface area contributed by atoms with Gasteiger partial charge in [-0.2, -0.15) is 5.10 Å². The number of likely N-dealkylation sites (tertiary alicyclic amines) is 1. The number of aromatic nitrogens is 3. The highest BCUT2D eigenvalue weighted by molar-refractivity contribution is 5.16. The number of nitrogens with zero attached hydrogens (tertiary/aromatic N) is 4. The van der Waals surface area contributed by atoms with Crippen molar-refractivity contribution in [1.29, 1.82) is 0 Å². The molecule has 0 bridgehead atoms. The third-order valence-electron chi connectivity index (χ3n) is 4.67. The standard InChI is InChI=1S/C17H23FN4/c1-14(5-6-15-3-2-4-16(18)11-15)21-9-7-17(8-10-21)22-13-19-12-20-22/h2-4,11-14,17H,5-10H2,1H3/t14-/m0/s1. The average molecular weight is 302 g/mol. The van der Waals surface area contributed by atoms with Gasteiger partial charge in [0.05, 0.1) is 6.04 Å². The van der Waals surface area contributed by atoms with Gasteiger partial charge in [-0.05, 0) is 50.3 Å². The van der Waals surface area contributed by atoms with E-state index in [1.807, 2.05) is 17.1 Å². The van der Waals surface area contributed by atoms with E-state index in [1.54, 1.807) is 18.5 Å². The lowest BCUT2D eigenvalue weighted by atomic mass is 10.0. The summed E-state index contributed by atoms with van der Waals surface area (Å²) < 4.78 is 15.2. The van der Waals surface area contributed by atoms with Crippen LogP contribution in [0.15, 0.2) is 36.9 Å². The highest BCUT2D eigenvalue weighted by atomic mass is 19.1. The van der Waals surface area contributed by atoms with Gasteiger partial charge >= 0.3 is 0 Å². The summed E-state index contributed by atoms with van der Waals surface area (Å²) in [5.74, 6) is -0.140. The van der Waals surface area contributed by atoms with Gasteiger partial charge in [0.2, 0.25) is 0 Å². The lowest BCUT2D eigenvalue weighted by Gasteiger charge is -2.36. The molecule has 0 unspecified atom stereocenters. The maximum absolute atomic E-state index is 13.2. The van der Waals surface area contributed by atoms with E-state index in [0.29, 0.717) is 12.1 Å². The Morgan fingerprint density at radius 1 is 1.32 bits per heavy atom. The van der Waals surface area contributed by atoms with E-state index in [2.05, 4.69) is 21.9 Å². The van der Waals surface area contributed by atoms with Gasteiger partial charge in [-0.3, -0.25) is 0 Å². The first-order valence-corrected chi connectivity index (χ1v) is 8.05. The molecule has 1 aliphatic rings. The first-order valence-electron chi connectivity index (χ1n) is 8.05. The molecule has 2 aromatic rings. The largest absolute Gasteiger partial charge is 0.300 e. The lowest BCUT2D eigenvalue weighted by molar-refractivity contribution is 0.133. The van der Waals surface area contributed by atoms with Crippen LogP contribution in [-0.2, 0) is 6.42 Å². The monoisotopic (exact) mass is 302 g/mol. The van der Waals surface area contributed by atoms with Crippen molar-refractivity contribution in [2.45, 2.75) is 44.7 Å². The molecule has 118 valence electrons. The molecule has 4 nitrogen and oxygen atoms in total. The summed E-state index contributed by atoms with van der Waals surface area (Å²) in [5.41, 5.74) is 1.09. The number of piperidine rings is 1. The number of hydrogen-bond donors (Lipinski definition) is 0. The molecule has 0 saturated carbocycles. The van der Waals surface area contributed by atoms with E-state index in [0.717, 1.165) is 44.3 Å². The van der Waals surface area contributed by atoms with Crippen LogP contribution in [0, 0.1) is 5.82 Å². The summed E-state index contributed by atoms with van der Waals surface area (Å²) in [6, 6.07) is 7.95. The maximum Gasteiger partial charge on any atom is 0.137 e. The van der Waals surface area contributed by atoms with Crippen LogP contribution in [0.4, 0.5) is 4.39 Å². The molecular weight excluding hydrogens is 279 g/mol. The van der Waals surface area contributed by atoms with Crippen molar-refractivity contribution in [3.8, 4) is 0 Å². The molecule has 5 heteroatoms. The van der Waals surface area contributed by atoms with Crippen LogP contribution in [-0.4, -0.2) is 38.8 Å². The van der Waals surface area contributed by atoms with Crippen molar-refractivity contribution in [2.75, 3.05) is 13.1 Å². The quantitative estimate of drug-likeness (QED) is 0.851. The zero-order valence-corrected chi connectivity index (χ0v) is 13.0. The normalized spacial score (nSPS) is 18.5. The predicted molar refractivity (Wildman–Crippen MR) is 84.0 cm³/mol. The van der Waals surface area contributed by atoms with Crippen LogP contribution in [0.1, 0.15) is 37.8 Å². The Hall–Kier alpha value is -1.75. The zero-order valence-electron chi connectivity index (χ0n) is 13.0. The van der Waals surface area contributed by atoms with Crippen molar-refractivity contribution in [1.82, 2.24) is 19.7 Å². The van der Waals surface area contributed by atoms with Crippen LogP contribution in [0.3, 0.4) is 0 Å². The summed E-state index contributed by atoms with van der Waals surface area (Å²) in [7, 11) is 0. The van der Waals surface area contributed by atoms with Gasteiger partial charge in [0.25, 0.3) is 0 Å². The Labute approximate surface area is 131 Å². The summed E-state index contributed by atoms with van der Waals surface area (Å²) in [4.78, 5) is 6.56. The van der Waals surface area contributed by atoms with Gasteiger partial charge in [-0.1, -0.05) is 12.1 Å². The molecule has 22 heavy (non-hydrogen) atoms. The van der Waals surface area contributed by atoms with E-state index < -0.39 is 0 Å². The van der Waals surface area contributed by atoms with Crippen LogP contribution >= 0.6 is 0 Å². The maximum atomic E-state index is 13.2. The molecule has 0 aliphatic carbocycles. The van der Waals surface area contributed by atoms with Crippen LogP contribution < -0.4 is 0 Å². The van der Waals surface area contributed by atoms with Crippen molar-refractivity contribution in [3.63, 3.8) is 0 Å². The minimum atomic E-state index is -0.140. The molecule has 2 heterocycles. The number of halogens is 1. The first-order chi connectivity index (χ1) is 10.7. The number of rotatable bonds is 5. The number of aryl methyl sites for hydroxylation is 1. The lowest BCUT2D eigenvalue weighted by Crippen LogP contribution is -2.40. The van der Waals surface area contributed by atoms with Gasteiger partial charge < -0.3 is 4.90 Å². The van der Waals surface area contributed by atoms with Gasteiger partial charge in [0.15, 0.2) is 0 Å². The Morgan fingerprint density at radius 2 is 2.14 bits per heavy atom. The van der Waals surface area contributed by atoms with E-state index >= 15 is 0 Å². The fourth-order valence-electron chi connectivity index (χ4n) is 3.25. The van der Waals surface area contributed by atoms with Crippen molar-refractivity contribution in [3.05, 3.63) is 48.3 Å². The second-order valence-electron chi connectivity index (χ2n) is 6.16. The van der Waals surface area contributed by atoms with Crippen molar-refractivity contribution >= 4 is 0 Å². The zero-order chi connectivity index (χ0) is 15.4. The summed E-state index contributed by atoms with van der Waals surface area (Å²) in [6.45, 7) is 4.46. The number of benzene rings is 1. The Morgan fingerprint density at radius 3 is 2.82 bits per heavy atom. The molecule has 0 amide bonds. The molecule has 1 saturated heterocycles. The van der Waals surface area contributed by atoms with E-state index in [1.165, 1.54) is 6.07 Å². The number of hydrogen-bond acceptors (Lipinski definition) is 3. The Kier molecular flexibility index (Phi) is 4.83. The molecule has 1 fully saturated rings. The molecular formula is C17H23FN4. The fourth-order valence-corrected chi connectivity index (χ4v) is 3.25. The summed E-state index contributed by atoms with van der Waals surface area (Å²) >= 11 is 0. The fraction of sp³-hybridized carbons (Fsp3) is 0.529. The second-order valence-corrected chi connectivity index (χ2v) is 6.16.